The molecule has 0 aliphatic carbocycles. The summed E-state index contributed by atoms with van der Waals surface area (Å²) in [5.41, 5.74) is 0.160. The van der Waals surface area contributed by atoms with Crippen LogP contribution in [-0.2, 0) is 4.79 Å². The molecule has 0 saturated carbocycles. The van der Waals surface area contributed by atoms with Gasteiger partial charge in [0.05, 0.1) is 11.3 Å². The van der Waals surface area contributed by atoms with Gasteiger partial charge in [-0.1, -0.05) is 12.1 Å². The molecule has 112 valence electrons. The van der Waals surface area contributed by atoms with Crippen LogP contribution in [0.2, 0.25) is 0 Å². The summed E-state index contributed by atoms with van der Waals surface area (Å²) in [5.74, 6) is -1.08. The molecule has 0 bridgehead atoms. The van der Waals surface area contributed by atoms with Gasteiger partial charge in [-0.2, -0.15) is 5.26 Å². The molecule has 1 aromatic carbocycles. The number of carbonyl (C=O) groups is 2. The van der Waals surface area contributed by atoms with Gasteiger partial charge in [0, 0.05) is 12.6 Å². The highest BCUT2D eigenvalue weighted by molar-refractivity contribution is 5.94. The van der Waals surface area contributed by atoms with Crippen molar-refractivity contribution in [1.29, 1.82) is 5.26 Å². The molecular formula is C15H19N3O3. The van der Waals surface area contributed by atoms with Crippen molar-refractivity contribution >= 4 is 17.7 Å². The van der Waals surface area contributed by atoms with Crippen molar-refractivity contribution in [3.63, 3.8) is 0 Å². The van der Waals surface area contributed by atoms with Gasteiger partial charge in [-0.05, 0) is 32.9 Å². The zero-order chi connectivity index (χ0) is 16.2. The lowest BCUT2D eigenvalue weighted by molar-refractivity contribution is -0.138. The fraction of sp³-hybridized carbons (Fsp3) is 0.400. The van der Waals surface area contributed by atoms with E-state index < -0.39 is 24.1 Å². The third-order valence-corrected chi connectivity index (χ3v) is 3.01. The maximum atomic E-state index is 12.6. The van der Waals surface area contributed by atoms with Crippen molar-refractivity contribution < 1.29 is 14.7 Å². The number of anilines is 1. The van der Waals surface area contributed by atoms with Crippen LogP contribution in [0.25, 0.3) is 0 Å². The Morgan fingerprint density at radius 2 is 1.86 bits per heavy atom. The van der Waals surface area contributed by atoms with E-state index >= 15 is 0 Å². The fourth-order valence-corrected chi connectivity index (χ4v) is 1.87. The molecule has 0 fully saturated rings. The molecule has 6 heteroatoms. The normalized spacial score (nSPS) is 10.6. The highest BCUT2D eigenvalue weighted by atomic mass is 16.4. The van der Waals surface area contributed by atoms with E-state index in [0.29, 0.717) is 11.3 Å². The molecule has 6 nitrogen and oxygen atoms in total. The highest BCUT2D eigenvalue weighted by Crippen LogP contribution is 2.22. The molecule has 0 aliphatic heterocycles. The van der Waals surface area contributed by atoms with Gasteiger partial charge in [0.1, 0.15) is 12.6 Å². The van der Waals surface area contributed by atoms with Gasteiger partial charge in [0.25, 0.3) is 0 Å². The fourth-order valence-electron chi connectivity index (χ4n) is 1.87. The Morgan fingerprint density at radius 3 is 2.33 bits per heavy atom. The van der Waals surface area contributed by atoms with Crippen LogP contribution in [-0.4, -0.2) is 41.1 Å². The smallest absolute Gasteiger partial charge is 0.325 e. The molecular weight excluding hydrogens is 270 g/mol. The number of benzene rings is 1. The molecule has 0 saturated heterocycles. The van der Waals surface area contributed by atoms with Crippen molar-refractivity contribution in [3.8, 4) is 6.07 Å². The number of urea groups is 1. The van der Waals surface area contributed by atoms with E-state index in [-0.39, 0.29) is 0 Å². The minimum absolute atomic E-state index is 0.359. The molecule has 21 heavy (non-hydrogen) atoms. The molecule has 0 aromatic heterocycles. The number of nitriles is 1. The van der Waals surface area contributed by atoms with Crippen LogP contribution in [0, 0.1) is 11.3 Å². The molecule has 0 heterocycles. The van der Waals surface area contributed by atoms with Crippen LogP contribution >= 0.6 is 0 Å². The van der Waals surface area contributed by atoms with E-state index in [2.05, 4.69) is 0 Å². The topological polar surface area (TPSA) is 84.6 Å². The van der Waals surface area contributed by atoms with Crippen molar-refractivity contribution in [2.75, 3.05) is 18.5 Å². The quantitative estimate of drug-likeness (QED) is 0.925. The van der Waals surface area contributed by atoms with Crippen LogP contribution in [0.5, 0.6) is 0 Å². The third kappa shape index (κ3) is 3.96. The van der Waals surface area contributed by atoms with Crippen LogP contribution in [0.1, 0.15) is 26.3 Å². The van der Waals surface area contributed by atoms with E-state index in [4.69, 9.17) is 10.4 Å². The predicted molar refractivity (Wildman–Crippen MR) is 79.1 cm³/mol. The summed E-state index contributed by atoms with van der Waals surface area (Å²) >= 11 is 0. The second kappa shape index (κ2) is 6.27. The maximum absolute atomic E-state index is 12.6. The first-order valence-electron chi connectivity index (χ1n) is 6.44. The first kappa shape index (κ1) is 16.5. The Morgan fingerprint density at radius 1 is 1.29 bits per heavy atom. The van der Waals surface area contributed by atoms with E-state index in [1.54, 1.807) is 45.0 Å². The lowest BCUT2D eigenvalue weighted by atomic mass is 10.1. The van der Waals surface area contributed by atoms with Gasteiger partial charge < -0.3 is 10.0 Å². The van der Waals surface area contributed by atoms with Gasteiger partial charge in [0.2, 0.25) is 0 Å². The van der Waals surface area contributed by atoms with Gasteiger partial charge >= 0.3 is 12.0 Å². The van der Waals surface area contributed by atoms with Crippen molar-refractivity contribution in [3.05, 3.63) is 29.8 Å². The molecule has 0 radical (unpaired) electrons. The molecule has 1 rings (SSSR count). The molecule has 0 aliphatic rings. The first-order valence-corrected chi connectivity index (χ1v) is 6.44. The lowest BCUT2D eigenvalue weighted by Gasteiger charge is -2.37. The number of para-hydroxylation sites is 1. The van der Waals surface area contributed by atoms with Gasteiger partial charge in [-0.3, -0.25) is 9.69 Å². The number of carboxylic acids is 1. The molecule has 0 atom stereocenters. The Hall–Kier alpha value is -2.55. The summed E-state index contributed by atoms with van der Waals surface area (Å²) < 4.78 is 0. The van der Waals surface area contributed by atoms with Crippen LogP contribution < -0.4 is 4.90 Å². The maximum Gasteiger partial charge on any atom is 0.325 e. The number of aliphatic carboxylic acids is 1. The van der Waals surface area contributed by atoms with Crippen LogP contribution in [0.3, 0.4) is 0 Å². The summed E-state index contributed by atoms with van der Waals surface area (Å²) in [6.45, 7) is 4.88. The Kier molecular flexibility index (Phi) is 4.93. The molecule has 0 unspecified atom stereocenters. The standard InChI is InChI=1S/C15H19N3O3/c1-15(2,3)18(10-13(19)20)14(21)17(4)12-8-6-5-7-11(12)9-16/h5-8H,10H2,1-4H3,(H,19,20). The predicted octanol–water partition coefficient (Wildman–Crippen LogP) is 2.30. The summed E-state index contributed by atoms with van der Waals surface area (Å²) in [6.07, 6.45) is 0. The number of hydrogen-bond acceptors (Lipinski definition) is 3. The number of carbonyl (C=O) groups excluding carboxylic acids is 1. The second-order valence-corrected chi connectivity index (χ2v) is 5.62. The SMILES string of the molecule is CN(C(=O)N(CC(=O)O)C(C)(C)C)c1ccccc1C#N. The average molecular weight is 289 g/mol. The van der Waals surface area contributed by atoms with Gasteiger partial charge in [-0.15, -0.1) is 0 Å². The first-order chi connectivity index (χ1) is 9.68. The largest absolute Gasteiger partial charge is 0.480 e. The third-order valence-electron chi connectivity index (χ3n) is 3.01. The van der Waals surface area contributed by atoms with Gasteiger partial charge in [-0.25, -0.2) is 4.79 Å². The van der Waals surface area contributed by atoms with Crippen molar-refractivity contribution in [2.24, 2.45) is 0 Å². The second-order valence-electron chi connectivity index (χ2n) is 5.62. The summed E-state index contributed by atoms with van der Waals surface area (Å²) in [7, 11) is 1.53. The molecule has 0 spiro atoms. The number of hydrogen-bond donors (Lipinski definition) is 1. The number of nitrogens with zero attached hydrogens (tertiary/aromatic N) is 3. The Balaban J connectivity index is 3.15. The van der Waals surface area contributed by atoms with E-state index in [1.807, 2.05) is 6.07 Å². The zero-order valence-electron chi connectivity index (χ0n) is 12.6. The minimum Gasteiger partial charge on any atom is -0.480 e. The van der Waals surface area contributed by atoms with E-state index in [0.717, 1.165) is 0 Å². The monoisotopic (exact) mass is 289 g/mol. The van der Waals surface area contributed by atoms with Crippen LogP contribution in [0.15, 0.2) is 24.3 Å². The molecule has 1 aromatic rings. The zero-order valence-corrected chi connectivity index (χ0v) is 12.6. The van der Waals surface area contributed by atoms with Crippen molar-refractivity contribution in [2.45, 2.75) is 26.3 Å². The molecule has 2 amide bonds. The number of rotatable bonds is 3. The number of carboxylic acid groups (broad SMARTS) is 1. The lowest BCUT2D eigenvalue weighted by Crippen LogP contribution is -2.53. The average Bonchev–Trinajstić information content (AvgIpc) is 2.41. The van der Waals surface area contributed by atoms with E-state index in [9.17, 15) is 9.59 Å². The minimum atomic E-state index is -1.08. The Bertz CT molecular complexity index is 585. The molecule has 1 N–H and O–H groups in total. The summed E-state index contributed by atoms with van der Waals surface area (Å²) in [4.78, 5) is 26.1. The van der Waals surface area contributed by atoms with Crippen molar-refractivity contribution in [1.82, 2.24) is 4.90 Å². The van der Waals surface area contributed by atoms with Crippen LogP contribution in [0.4, 0.5) is 10.5 Å². The van der Waals surface area contributed by atoms with Gasteiger partial charge in [0.15, 0.2) is 0 Å². The Labute approximate surface area is 124 Å². The van der Waals surface area contributed by atoms with E-state index in [1.165, 1.54) is 16.8 Å². The summed E-state index contributed by atoms with van der Waals surface area (Å²) in [5, 5.41) is 18.1. The number of amides is 2. The summed E-state index contributed by atoms with van der Waals surface area (Å²) in [6, 6.07) is 8.24. The highest BCUT2D eigenvalue weighted by Gasteiger charge is 2.31.